The van der Waals surface area contributed by atoms with Gasteiger partial charge in [-0.1, -0.05) is 18.2 Å². The van der Waals surface area contributed by atoms with Gasteiger partial charge in [0.2, 0.25) is 0 Å². The summed E-state index contributed by atoms with van der Waals surface area (Å²) in [5.41, 5.74) is 4.61. The maximum atomic E-state index is 12.5. The van der Waals surface area contributed by atoms with Crippen molar-refractivity contribution in [3.63, 3.8) is 0 Å². The molecule has 0 aliphatic carbocycles. The fourth-order valence-corrected chi connectivity index (χ4v) is 1.31. The lowest BCUT2D eigenvalue weighted by atomic mass is 9.97. The molecule has 0 radical (unpaired) electrons. The third-order valence-electron chi connectivity index (χ3n) is 2.15. The average Bonchev–Trinajstić information content (AvgIpc) is 2.15. The lowest BCUT2D eigenvalue weighted by molar-refractivity contribution is -0.138. The molecule has 0 bridgehead atoms. The number of hydrogen-bond acceptors (Lipinski definition) is 2. The van der Waals surface area contributed by atoms with Crippen molar-refractivity contribution in [3.8, 4) is 0 Å². The van der Waals surface area contributed by atoms with Crippen LogP contribution in [-0.2, 0) is 6.18 Å². The summed E-state index contributed by atoms with van der Waals surface area (Å²) in [5.74, 6) is 0. The van der Waals surface area contributed by atoms with Crippen LogP contribution in [0.15, 0.2) is 24.3 Å². The van der Waals surface area contributed by atoms with E-state index in [1.165, 1.54) is 25.1 Å². The number of halogens is 3. The molecular formula is C10H12F3NO. The summed E-state index contributed by atoms with van der Waals surface area (Å²) in [6, 6.07) is 3.97. The van der Waals surface area contributed by atoms with Crippen LogP contribution in [0.4, 0.5) is 13.2 Å². The molecule has 2 atom stereocenters. The second kappa shape index (κ2) is 4.20. The molecule has 0 heterocycles. The highest BCUT2D eigenvalue weighted by Crippen LogP contribution is 2.34. The summed E-state index contributed by atoms with van der Waals surface area (Å²) in [4.78, 5) is 0. The second-order valence-corrected chi connectivity index (χ2v) is 3.35. The number of benzene rings is 1. The second-order valence-electron chi connectivity index (χ2n) is 3.35. The largest absolute Gasteiger partial charge is 0.416 e. The van der Waals surface area contributed by atoms with Crippen LogP contribution in [0.3, 0.4) is 0 Å². The smallest absolute Gasteiger partial charge is 0.391 e. The first-order chi connectivity index (χ1) is 6.84. The van der Waals surface area contributed by atoms with E-state index in [1.54, 1.807) is 0 Å². The van der Waals surface area contributed by atoms with Gasteiger partial charge in [0.25, 0.3) is 0 Å². The molecule has 3 N–H and O–H groups in total. The molecule has 1 rings (SSSR count). The van der Waals surface area contributed by atoms with E-state index in [9.17, 15) is 18.3 Å². The van der Waals surface area contributed by atoms with Gasteiger partial charge in [0.15, 0.2) is 0 Å². The summed E-state index contributed by atoms with van der Waals surface area (Å²) in [6.07, 6.45) is -5.46. The van der Waals surface area contributed by atoms with Gasteiger partial charge in [0, 0.05) is 0 Å². The number of alkyl halides is 3. The average molecular weight is 219 g/mol. The maximum absolute atomic E-state index is 12.5. The first-order valence-corrected chi connectivity index (χ1v) is 4.44. The van der Waals surface area contributed by atoms with E-state index in [0.717, 1.165) is 6.07 Å². The van der Waals surface area contributed by atoms with Crippen LogP contribution in [-0.4, -0.2) is 11.2 Å². The van der Waals surface area contributed by atoms with E-state index in [4.69, 9.17) is 5.73 Å². The molecule has 0 unspecified atom stereocenters. The highest BCUT2D eigenvalue weighted by Gasteiger charge is 2.34. The zero-order valence-corrected chi connectivity index (χ0v) is 8.12. The Morgan fingerprint density at radius 2 is 1.80 bits per heavy atom. The molecule has 84 valence electrons. The summed E-state index contributed by atoms with van der Waals surface area (Å²) < 4.78 is 37.6. The molecule has 0 fully saturated rings. The van der Waals surface area contributed by atoms with E-state index in [2.05, 4.69) is 0 Å². The lowest BCUT2D eigenvalue weighted by Gasteiger charge is -2.20. The van der Waals surface area contributed by atoms with Crippen molar-refractivity contribution in [2.45, 2.75) is 25.2 Å². The molecular weight excluding hydrogens is 207 g/mol. The molecule has 1 aromatic rings. The van der Waals surface area contributed by atoms with Crippen LogP contribution in [0, 0.1) is 0 Å². The van der Waals surface area contributed by atoms with Crippen LogP contribution < -0.4 is 5.73 Å². The van der Waals surface area contributed by atoms with Crippen molar-refractivity contribution in [1.82, 2.24) is 0 Å². The summed E-state index contributed by atoms with van der Waals surface area (Å²) >= 11 is 0. The van der Waals surface area contributed by atoms with Crippen LogP contribution in [0.5, 0.6) is 0 Å². The quantitative estimate of drug-likeness (QED) is 0.800. The zero-order valence-electron chi connectivity index (χ0n) is 8.12. The van der Waals surface area contributed by atoms with Gasteiger partial charge < -0.3 is 10.8 Å². The molecule has 5 heteroatoms. The van der Waals surface area contributed by atoms with Crippen LogP contribution >= 0.6 is 0 Å². The van der Waals surface area contributed by atoms with Gasteiger partial charge in [0.1, 0.15) is 0 Å². The molecule has 0 saturated heterocycles. The molecule has 0 spiro atoms. The van der Waals surface area contributed by atoms with E-state index < -0.39 is 23.9 Å². The molecule has 0 aliphatic rings. The SMILES string of the molecule is C[C@H](O)[C@@H](N)c1ccccc1C(F)(F)F. The van der Waals surface area contributed by atoms with Crippen molar-refractivity contribution in [2.75, 3.05) is 0 Å². The Balaban J connectivity index is 3.18. The minimum Gasteiger partial charge on any atom is -0.391 e. The molecule has 15 heavy (non-hydrogen) atoms. The molecule has 1 aromatic carbocycles. The third kappa shape index (κ3) is 2.70. The monoisotopic (exact) mass is 219 g/mol. The zero-order chi connectivity index (χ0) is 11.6. The lowest BCUT2D eigenvalue weighted by Crippen LogP contribution is -2.26. The first kappa shape index (κ1) is 12.0. The Bertz CT molecular complexity index is 336. The highest BCUT2D eigenvalue weighted by molar-refractivity contribution is 5.32. The van der Waals surface area contributed by atoms with E-state index in [-0.39, 0.29) is 5.56 Å². The van der Waals surface area contributed by atoms with E-state index in [1.807, 2.05) is 0 Å². The van der Waals surface area contributed by atoms with Gasteiger partial charge in [-0.15, -0.1) is 0 Å². The Kier molecular flexibility index (Phi) is 3.36. The number of aliphatic hydroxyl groups excluding tert-OH is 1. The normalized spacial score (nSPS) is 16.1. The number of nitrogens with two attached hydrogens (primary N) is 1. The van der Waals surface area contributed by atoms with Crippen molar-refractivity contribution >= 4 is 0 Å². The standard InChI is InChI=1S/C10H12F3NO/c1-6(15)9(14)7-4-2-3-5-8(7)10(11,12)13/h2-6,9,15H,14H2,1H3/t6-,9+/m0/s1. The Hall–Kier alpha value is -1.07. The predicted molar refractivity (Wildman–Crippen MR) is 50.1 cm³/mol. The first-order valence-electron chi connectivity index (χ1n) is 4.44. The van der Waals surface area contributed by atoms with Crippen LogP contribution in [0.1, 0.15) is 24.1 Å². The maximum Gasteiger partial charge on any atom is 0.416 e. The van der Waals surface area contributed by atoms with Crippen molar-refractivity contribution in [1.29, 1.82) is 0 Å². The van der Waals surface area contributed by atoms with E-state index >= 15 is 0 Å². The van der Waals surface area contributed by atoms with Crippen LogP contribution in [0.25, 0.3) is 0 Å². The number of rotatable bonds is 2. The van der Waals surface area contributed by atoms with Gasteiger partial charge in [-0.3, -0.25) is 0 Å². The topological polar surface area (TPSA) is 46.2 Å². The van der Waals surface area contributed by atoms with Crippen molar-refractivity contribution in [2.24, 2.45) is 5.73 Å². The Labute approximate surface area is 85.5 Å². The molecule has 0 aromatic heterocycles. The number of aliphatic hydroxyl groups is 1. The molecule has 0 saturated carbocycles. The predicted octanol–water partition coefficient (Wildman–Crippen LogP) is 2.09. The summed E-state index contributed by atoms with van der Waals surface area (Å²) in [6.45, 7) is 1.36. The fraction of sp³-hybridized carbons (Fsp3) is 0.400. The Morgan fingerprint density at radius 1 is 1.27 bits per heavy atom. The summed E-state index contributed by atoms with van der Waals surface area (Å²) in [7, 11) is 0. The van der Waals surface area contributed by atoms with Crippen molar-refractivity contribution < 1.29 is 18.3 Å². The van der Waals surface area contributed by atoms with Gasteiger partial charge in [-0.05, 0) is 18.6 Å². The van der Waals surface area contributed by atoms with Gasteiger partial charge in [-0.25, -0.2) is 0 Å². The molecule has 0 amide bonds. The summed E-state index contributed by atoms with van der Waals surface area (Å²) in [5, 5.41) is 9.17. The van der Waals surface area contributed by atoms with Gasteiger partial charge in [0.05, 0.1) is 17.7 Å². The molecule has 2 nitrogen and oxygen atoms in total. The minimum absolute atomic E-state index is 0.0833. The van der Waals surface area contributed by atoms with Gasteiger partial charge >= 0.3 is 6.18 Å². The highest BCUT2D eigenvalue weighted by atomic mass is 19.4. The van der Waals surface area contributed by atoms with E-state index in [0.29, 0.717) is 0 Å². The van der Waals surface area contributed by atoms with Gasteiger partial charge in [-0.2, -0.15) is 13.2 Å². The number of hydrogen-bond donors (Lipinski definition) is 2. The fourth-order valence-electron chi connectivity index (χ4n) is 1.31. The Morgan fingerprint density at radius 3 is 2.27 bits per heavy atom. The van der Waals surface area contributed by atoms with Crippen molar-refractivity contribution in [3.05, 3.63) is 35.4 Å². The molecule has 0 aliphatic heterocycles. The minimum atomic E-state index is -4.44. The third-order valence-corrected chi connectivity index (χ3v) is 2.15. The van der Waals surface area contributed by atoms with Crippen LogP contribution in [0.2, 0.25) is 0 Å².